The minimum absolute atomic E-state index is 0.572. The van der Waals surface area contributed by atoms with Crippen LogP contribution in [0.3, 0.4) is 0 Å². The van der Waals surface area contributed by atoms with E-state index in [1.807, 2.05) is 0 Å². The fourth-order valence-corrected chi connectivity index (χ4v) is 2.34. The van der Waals surface area contributed by atoms with E-state index in [9.17, 15) is 5.11 Å². The lowest BCUT2D eigenvalue weighted by Crippen LogP contribution is -2.01. The second kappa shape index (κ2) is 5.07. The first kappa shape index (κ1) is 12.4. The maximum atomic E-state index is 10.1. The van der Waals surface area contributed by atoms with Crippen LogP contribution < -0.4 is 0 Å². The number of aliphatic hydroxyl groups excluding tert-OH is 1. The molecule has 3 heteroatoms. The molecule has 0 radical (unpaired) electrons. The summed E-state index contributed by atoms with van der Waals surface area (Å²) in [5.74, 6) is 0.594. The minimum Gasteiger partial charge on any atom is -0.452 e. The molecule has 90 valence electrons. The summed E-state index contributed by atoms with van der Waals surface area (Å²) in [5.41, 5.74) is 3.56. The smallest absolute Gasteiger partial charge is 0.169 e. The molecule has 1 N–H and O–H groups in total. The van der Waals surface area contributed by atoms with Crippen molar-refractivity contribution in [3.8, 4) is 0 Å². The van der Waals surface area contributed by atoms with Gasteiger partial charge in [0, 0.05) is 6.42 Å². The Kier molecular flexibility index (Phi) is 3.69. The highest BCUT2D eigenvalue weighted by molar-refractivity contribution is 9.10. The topological polar surface area (TPSA) is 33.4 Å². The molecule has 0 fully saturated rings. The summed E-state index contributed by atoms with van der Waals surface area (Å²) in [6.45, 7) is 4.12. The molecule has 0 spiro atoms. The van der Waals surface area contributed by atoms with Gasteiger partial charge in [0.25, 0.3) is 0 Å². The Morgan fingerprint density at radius 3 is 2.35 bits per heavy atom. The number of hydrogen-bond donors (Lipinski definition) is 1. The van der Waals surface area contributed by atoms with E-state index in [-0.39, 0.29) is 0 Å². The van der Waals surface area contributed by atoms with E-state index in [0.29, 0.717) is 16.9 Å². The molecule has 0 saturated carbocycles. The van der Waals surface area contributed by atoms with Gasteiger partial charge in [-0.3, -0.25) is 0 Å². The van der Waals surface area contributed by atoms with Gasteiger partial charge in [0.15, 0.2) is 4.67 Å². The van der Waals surface area contributed by atoms with E-state index in [0.717, 1.165) is 5.56 Å². The minimum atomic E-state index is -0.595. The second-order valence-corrected chi connectivity index (χ2v) is 5.14. The Morgan fingerprint density at radius 2 is 1.82 bits per heavy atom. The molecule has 2 aromatic rings. The average Bonchev–Trinajstić information content (AvgIpc) is 2.63. The summed E-state index contributed by atoms with van der Waals surface area (Å²) in [5, 5.41) is 10.1. The molecule has 0 saturated heterocycles. The normalized spacial score (nSPS) is 12.7. The molecule has 1 atom stereocenters. The molecule has 0 bridgehead atoms. The predicted octanol–water partition coefficient (Wildman–Crippen LogP) is 3.94. The van der Waals surface area contributed by atoms with Gasteiger partial charge in [-0.05, 0) is 47.5 Å². The Bertz CT molecular complexity index is 496. The third-order valence-electron chi connectivity index (χ3n) is 2.63. The van der Waals surface area contributed by atoms with Gasteiger partial charge in [-0.2, -0.15) is 0 Å². The molecule has 1 heterocycles. The van der Waals surface area contributed by atoms with E-state index < -0.39 is 6.10 Å². The third-order valence-corrected chi connectivity index (χ3v) is 3.06. The first-order valence-corrected chi connectivity index (χ1v) is 6.34. The highest BCUT2D eigenvalue weighted by Crippen LogP contribution is 2.24. The van der Waals surface area contributed by atoms with Crippen molar-refractivity contribution in [3.05, 3.63) is 57.5 Å². The summed E-state index contributed by atoms with van der Waals surface area (Å²) >= 11 is 3.23. The highest BCUT2D eigenvalue weighted by Gasteiger charge is 2.13. The van der Waals surface area contributed by atoms with Crippen LogP contribution in [0.25, 0.3) is 0 Å². The second-order valence-electron chi connectivity index (χ2n) is 4.36. The van der Waals surface area contributed by atoms with Crippen molar-refractivity contribution < 1.29 is 9.52 Å². The number of rotatable bonds is 3. The number of benzene rings is 1. The molecule has 2 rings (SSSR count). The molecule has 0 amide bonds. The quantitative estimate of drug-likeness (QED) is 0.930. The highest BCUT2D eigenvalue weighted by atomic mass is 79.9. The first-order valence-electron chi connectivity index (χ1n) is 5.55. The molecule has 0 aliphatic carbocycles. The van der Waals surface area contributed by atoms with Gasteiger partial charge in [0.05, 0.1) is 0 Å². The van der Waals surface area contributed by atoms with Gasteiger partial charge >= 0.3 is 0 Å². The maximum absolute atomic E-state index is 10.1. The summed E-state index contributed by atoms with van der Waals surface area (Å²) in [7, 11) is 0. The van der Waals surface area contributed by atoms with Gasteiger partial charge in [-0.1, -0.05) is 29.3 Å². The van der Waals surface area contributed by atoms with Crippen LogP contribution in [0.15, 0.2) is 39.4 Å². The van der Waals surface area contributed by atoms with Crippen molar-refractivity contribution >= 4 is 15.9 Å². The average molecular weight is 295 g/mol. The molecule has 0 aliphatic rings. The fourth-order valence-electron chi connectivity index (χ4n) is 2.02. The van der Waals surface area contributed by atoms with Crippen LogP contribution in [-0.4, -0.2) is 5.11 Å². The summed E-state index contributed by atoms with van der Waals surface area (Å²) in [4.78, 5) is 0. The van der Waals surface area contributed by atoms with Gasteiger partial charge in [-0.25, -0.2) is 0 Å². The molecule has 1 unspecified atom stereocenters. The monoisotopic (exact) mass is 294 g/mol. The Balaban J connectivity index is 2.15. The lowest BCUT2D eigenvalue weighted by atomic mass is 10.0. The van der Waals surface area contributed by atoms with Crippen molar-refractivity contribution in [1.82, 2.24) is 0 Å². The van der Waals surface area contributed by atoms with E-state index in [1.54, 1.807) is 12.1 Å². The van der Waals surface area contributed by atoms with Gasteiger partial charge in [0.1, 0.15) is 11.9 Å². The number of furan rings is 1. The number of halogens is 1. The largest absolute Gasteiger partial charge is 0.452 e. The number of aryl methyl sites for hydroxylation is 2. The van der Waals surface area contributed by atoms with Crippen LogP contribution in [0.5, 0.6) is 0 Å². The van der Waals surface area contributed by atoms with Gasteiger partial charge in [-0.15, -0.1) is 0 Å². The van der Waals surface area contributed by atoms with Crippen molar-refractivity contribution in [2.45, 2.75) is 26.4 Å². The number of aliphatic hydroxyl groups is 1. The molecular formula is C14H15BrO2. The number of hydrogen-bond acceptors (Lipinski definition) is 2. The van der Waals surface area contributed by atoms with Crippen molar-refractivity contribution in [1.29, 1.82) is 0 Å². The van der Waals surface area contributed by atoms with E-state index >= 15 is 0 Å². The predicted molar refractivity (Wildman–Crippen MR) is 71.0 cm³/mol. The van der Waals surface area contributed by atoms with Crippen LogP contribution in [0.4, 0.5) is 0 Å². The standard InChI is InChI=1S/C14H15BrO2/c1-9-5-10(2)7-11(6-9)8-12(16)13-3-4-14(15)17-13/h3-7,12,16H,8H2,1-2H3. The first-order chi connectivity index (χ1) is 8.04. The van der Waals surface area contributed by atoms with Crippen LogP contribution in [-0.2, 0) is 6.42 Å². The molecule has 1 aromatic carbocycles. The Labute approximate surface area is 109 Å². The zero-order valence-electron chi connectivity index (χ0n) is 9.90. The summed E-state index contributed by atoms with van der Waals surface area (Å²) < 4.78 is 5.99. The zero-order valence-corrected chi connectivity index (χ0v) is 11.5. The van der Waals surface area contributed by atoms with Crippen LogP contribution in [0.1, 0.15) is 28.6 Å². The van der Waals surface area contributed by atoms with Crippen molar-refractivity contribution in [2.24, 2.45) is 0 Å². The zero-order chi connectivity index (χ0) is 12.4. The van der Waals surface area contributed by atoms with Crippen LogP contribution >= 0.6 is 15.9 Å². The Hall–Kier alpha value is -1.06. The van der Waals surface area contributed by atoms with Gasteiger partial charge < -0.3 is 9.52 Å². The lowest BCUT2D eigenvalue weighted by Gasteiger charge is -2.09. The van der Waals surface area contributed by atoms with E-state index in [2.05, 4.69) is 48.0 Å². The van der Waals surface area contributed by atoms with Crippen molar-refractivity contribution in [3.63, 3.8) is 0 Å². The molecule has 1 aromatic heterocycles. The van der Waals surface area contributed by atoms with Crippen LogP contribution in [0.2, 0.25) is 0 Å². The van der Waals surface area contributed by atoms with E-state index in [4.69, 9.17) is 4.42 Å². The maximum Gasteiger partial charge on any atom is 0.169 e. The molecular weight excluding hydrogens is 280 g/mol. The van der Waals surface area contributed by atoms with Crippen LogP contribution in [0, 0.1) is 13.8 Å². The summed E-state index contributed by atoms with van der Waals surface area (Å²) in [6, 6.07) is 9.89. The lowest BCUT2D eigenvalue weighted by molar-refractivity contribution is 0.149. The molecule has 2 nitrogen and oxygen atoms in total. The van der Waals surface area contributed by atoms with Gasteiger partial charge in [0.2, 0.25) is 0 Å². The summed E-state index contributed by atoms with van der Waals surface area (Å²) in [6.07, 6.45) is -0.0230. The third kappa shape index (κ3) is 3.20. The SMILES string of the molecule is Cc1cc(C)cc(CC(O)c2ccc(Br)o2)c1. The fraction of sp³-hybridized carbons (Fsp3) is 0.286. The molecule has 0 aliphatic heterocycles. The van der Waals surface area contributed by atoms with E-state index in [1.165, 1.54) is 11.1 Å². The van der Waals surface area contributed by atoms with Crippen molar-refractivity contribution in [2.75, 3.05) is 0 Å². The molecule has 17 heavy (non-hydrogen) atoms. The Morgan fingerprint density at radius 1 is 1.18 bits per heavy atom.